The normalized spacial score (nSPS) is 11.9. The van der Waals surface area contributed by atoms with Gasteiger partial charge in [-0.05, 0) is 38.3 Å². The molecule has 0 saturated heterocycles. The predicted molar refractivity (Wildman–Crippen MR) is 75.8 cm³/mol. The average molecular weight is 250 g/mol. The van der Waals surface area contributed by atoms with Gasteiger partial charge in [0, 0.05) is 18.3 Å². The molecule has 1 N–H and O–H groups in total. The van der Waals surface area contributed by atoms with Crippen LogP contribution in [0.5, 0.6) is 5.88 Å². The fraction of sp³-hybridized carbons (Fsp3) is 0.667. The minimum atomic E-state index is 0.160. The van der Waals surface area contributed by atoms with Crippen LogP contribution >= 0.6 is 0 Å². The molecule has 0 bridgehead atoms. The van der Waals surface area contributed by atoms with Crippen molar-refractivity contribution in [2.45, 2.75) is 53.7 Å². The second-order valence-corrected chi connectivity index (χ2v) is 6.12. The summed E-state index contributed by atoms with van der Waals surface area (Å²) in [6, 6.07) is 4.02. The molecule has 0 saturated carbocycles. The van der Waals surface area contributed by atoms with Gasteiger partial charge in [-0.3, -0.25) is 0 Å². The number of hydrogen-bond acceptors (Lipinski definition) is 3. The van der Waals surface area contributed by atoms with Crippen molar-refractivity contribution in [2.75, 3.05) is 6.54 Å². The molecule has 18 heavy (non-hydrogen) atoms. The fourth-order valence-electron chi connectivity index (χ4n) is 1.57. The number of rotatable bonds is 6. The molecule has 0 aromatic carbocycles. The maximum Gasteiger partial charge on any atom is 0.218 e. The molecule has 0 spiro atoms. The highest BCUT2D eigenvalue weighted by molar-refractivity contribution is 5.25. The molecule has 102 valence electrons. The Morgan fingerprint density at radius 2 is 2.06 bits per heavy atom. The van der Waals surface area contributed by atoms with E-state index in [0.29, 0.717) is 5.41 Å². The first-order chi connectivity index (χ1) is 8.38. The third kappa shape index (κ3) is 6.01. The van der Waals surface area contributed by atoms with Gasteiger partial charge in [0.25, 0.3) is 0 Å². The summed E-state index contributed by atoms with van der Waals surface area (Å²) in [6.45, 7) is 12.6. The molecule has 0 fully saturated rings. The molecule has 1 aromatic rings. The molecule has 0 aliphatic carbocycles. The van der Waals surface area contributed by atoms with Gasteiger partial charge >= 0.3 is 0 Å². The average Bonchev–Trinajstić information content (AvgIpc) is 2.24. The van der Waals surface area contributed by atoms with Gasteiger partial charge in [0.15, 0.2) is 0 Å². The van der Waals surface area contributed by atoms with Crippen LogP contribution in [0, 0.1) is 5.41 Å². The van der Waals surface area contributed by atoms with Crippen LogP contribution < -0.4 is 10.1 Å². The van der Waals surface area contributed by atoms with Crippen LogP contribution in [0.15, 0.2) is 18.3 Å². The molecule has 0 atom stereocenters. The summed E-state index contributed by atoms with van der Waals surface area (Å²) < 4.78 is 5.69. The number of nitrogens with zero attached hydrogens (tertiary/aromatic N) is 1. The van der Waals surface area contributed by atoms with Gasteiger partial charge in [-0.2, -0.15) is 0 Å². The van der Waals surface area contributed by atoms with E-state index in [0.717, 1.165) is 31.0 Å². The minimum Gasteiger partial charge on any atom is -0.475 e. The summed E-state index contributed by atoms with van der Waals surface area (Å²) >= 11 is 0. The Morgan fingerprint density at radius 3 is 2.67 bits per heavy atom. The van der Waals surface area contributed by atoms with E-state index in [1.807, 2.05) is 19.9 Å². The van der Waals surface area contributed by atoms with Gasteiger partial charge < -0.3 is 10.1 Å². The van der Waals surface area contributed by atoms with E-state index in [1.54, 1.807) is 6.20 Å². The predicted octanol–water partition coefficient (Wildman–Crippen LogP) is 3.39. The van der Waals surface area contributed by atoms with Crippen molar-refractivity contribution in [3.8, 4) is 5.88 Å². The van der Waals surface area contributed by atoms with Gasteiger partial charge in [0.1, 0.15) is 0 Å². The largest absolute Gasteiger partial charge is 0.475 e. The van der Waals surface area contributed by atoms with Gasteiger partial charge in [0.05, 0.1) is 6.10 Å². The molecule has 1 heterocycles. The Hall–Kier alpha value is -1.09. The summed E-state index contributed by atoms with van der Waals surface area (Å²) in [4.78, 5) is 4.28. The zero-order valence-electron chi connectivity index (χ0n) is 12.3. The zero-order chi connectivity index (χ0) is 13.6. The van der Waals surface area contributed by atoms with E-state index in [1.165, 1.54) is 0 Å². The summed E-state index contributed by atoms with van der Waals surface area (Å²) in [5.41, 5.74) is 1.50. The maximum atomic E-state index is 5.69. The summed E-state index contributed by atoms with van der Waals surface area (Å²) in [6.07, 6.45) is 3.09. The minimum absolute atomic E-state index is 0.160. The summed E-state index contributed by atoms with van der Waals surface area (Å²) in [5.74, 6) is 0.746. The zero-order valence-corrected chi connectivity index (χ0v) is 12.3. The highest BCUT2D eigenvalue weighted by Gasteiger charge is 2.10. The molecule has 3 nitrogen and oxygen atoms in total. The van der Waals surface area contributed by atoms with Gasteiger partial charge in [-0.1, -0.05) is 26.8 Å². The van der Waals surface area contributed by atoms with Crippen LogP contribution in [0.1, 0.15) is 46.6 Å². The molecule has 0 aliphatic heterocycles. The van der Waals surface area contributed by atoms with Gasteiger partial charge in [-0.25, -0.2) is 4.98 Å². The molecule has 1 aromatic heterocycles. The van der Waals surface area contributed by atoms with Crippen molar-refractivity contribution in [2.24, 2.45) is 5.41 Å². The third-order valence-electron chi connectivity index (χ3n) is 2.56. The smallest absolute Gasteiger partial charge is 0.218 e. The molecule has 3 heteroatoms. The van der Waals surface area contributed by atoms with Gasteiger partial charge in [-0.15, -0.1) is 0 Å². The van der Waals surface area contributed by atoms with Crippen molar-refractivity contribution in [1.29, 1.82) is 0 Å². The Labute approximate surface area is 111 Å². The number of nitrogens with one attached hydrogen (secondary N) is 1. The molecular weight excluding hydrogens is 224 g/mol. The van der Waals surface area contributed by atoms with Crippen LogP contribution in [-0.2, 0) is 6.54 Å². The first-order valence-electron chi connectivity index (χ1n) is 6.70. The number of ether oxygens (including phenoxy) is 1. The molecule has 0 amide bonds. The van der Waals surface area contributed by atoms with Crippen LogP contribution in [0.3, 0.4) is 0 Å². The fourth-order valence-corrected chi connectivity index (χ4v) is 1.57. The van der Waals surface area contributed by atoms with Crippen molar-refractivity contribution in [3.05, 3.63) is 23.9 Å². The first kappa shape index (κ1) is 15.0. The van der Waals surface area contributed by atoms with E-state index in [4.69, 9.17) is 4.74 Å². The topological polar surface area (TPSA) is 34.1 Å². The summed E-state index contributed by atoms with van der Waals surface area (Å²) in [7, 11) is 0. The van der Waals surface area contributed by atoms with Crippen LogP contribution in [0.25, 0.3) is 0 Å². The van der Waals surface area contributed by atoms with E-state index >= 15 is 0 Å². The Bertz CT molecular complexity index is 356. The monoisotopic (exact) mass is 250 g/mol. The lowest BCUT2D eigenvalue weighted by atomic mass is 9.92. The van der Waals surface area contributed by atoms with Crippen molar-refractivity contribution in [1.82, 2.24) is 10.3 Å². The molecule has 1 rings (SSSR count). The third-order valence-corrected chi connectivity index (χ3v) is 2.56. The lowest BCUT2D eigenvalue weighted by Crippen LogP contribution is -2.21. The van der Waals surface area contributed by atoms with Crippen LogP contribution in [-0.4, -0.2) is 17.6 Å². The van der Waals surface area contributed by atoms with Crippen molar-refractivity contribution < 1.29 is 4.74 Å². The number of hydrogen-bond donors (Lipinski definition) is 1. The van der Waals surface area contributed by atoms with Gasteiger partial charge in [0.2, 0.25) is 5.88 Å². The second-order valence-electron chi connectivity index (χ2n) is 6.12. The lowest BCUT2D eigenvalue weighted by molar-refractivity contribution is 0.229. The quantitative estimate of drug-likeness (QED) is 0.786. The number of aromatic nitrogens is 1. The molecule has 0 unspecified atom stereocenters. The van der Waals surface area contributed by atoms with E-state index in [-0.39, 0.29) is 6.10 Å². The van der Waals surface area contributed by atoms with Crippen molar-refractivity contribution >= 4 is 0 Å². The Balaban J connectivity index is 2.46. The maximum absolute atomic E-state index is 5.69. The number of pyridine rings is 1. The highest BCUT2D eigenvalue weighted by atomic mass is 16.5. The Kier molecular flexibility index (Phi) is 5.60. The first-order valence-corrected chi connectivity index (χ1v) is 6.70. The molecular formula is C15H26N2O. The highest BCUT2D eigenvalue weighted by Crippen LogP contribution is 2.18. The van der Waals surface area contributed by atoms with Crippen LogP contribution in [0.4, 0.5) is 0 Å². The second kappa shape index (κ2) is 6.74. The van der Waals surface area contributed by atoms with Crippen molar-refractivity contribution in [3.63, 3.8) is 0 Å². The SMILES string of the molecule is CC(C)Oc1ncccc1CNCCC(C)(C)C. The van der Waals surface area contributed by atoms with E-state index < -0.39 is 0 Å². The van der Waals surface area contributed by atoms with E-state index in [2.05, 4.69) is 37.1 Å². The van der Waals surface area contributed by atoms with E-state index in [9.17, 15) is 0 Å². The Morgan fingerprint density at radius 1 is 1.33 bits per heavy atom. The molecule has 0 aliphatic rings. The molecule has 0 radical (unpaired) electrons. The lowest BCUT2D eigenvalue weighted by Gasteiger charge is -2.18. The summed E-state index contributed by atoms with van der Waals surface area (Å²) in [5, 5.41) is 3.45. The standard InChI is InChI=1S/C15H26N2O/c1-12(2)18-14-13(7-6-9-17-14)11-16-10-8-15(3,4)5/h6-7,9,12,16H,8,10-11H2,1-5H3. The van der Waals surface area contributed by atoms with Crippen LogP contribution in [0.2, 0.25) is 0 Å².